The van der Waals surface area contributed by atoms with Crippen molar-refractivity contribution < 1.29 is 35.9 Å². The molecule has 0 aliphatic carbocycles. The Kier molecular flexibility index (Phi) is 14.0. The standard InChI is InChI=1S/C21H19ClN2O4S.C19H16ClN3O4S/c1-14-5-2-3-6-15(14)11-21(25)24-17-9-10-19(20(13-17)29(23,26)27)28-18-8-4-7-16(22)12-18;20-14-4-1-5-16(10-14)27-17-7-6-15(11-18(17)28(21,25)26)23-19(24)9-13-3-2-8-22-12-13/h2-10,12-13H,11H2,1H3,(H,24,25)(H2,23,26,27);1-8,10-12H,9H2,(H,23,24)(H2,21,25,26). The number of halogens is 2. The van der Waals surface area contributed by atoms with Gasteiger partial charge < -0.3 is 20.1 Å². The van der Waals surface area contributed by atoms with Gasteiger partial charge in [0.1, 0.15) is 32.8 Å². The lowest BCUT2D eigenvalue weighted by atomic mass is 10.1. The van der Waals surface area contributed by atoms with Crippen LogP contribution in [0.1, 0.15) is 16.7 Å². The van der Waals surface area contributed by atoms with Gasteiger partial charge >= 0.3 is 0 Å². The van der Waals surface area contributed by atoms with E-state index in [1.54, 1.807) is 73.1 Å². The minimum absolute atomic E-state index is 0.0232. The fourth-order valence-electron chi connectivity index (χ4n) is 5.18. The fraction of sp³-hybridized carbons (Fsp3) is 0.0750. The van der Waals surface area contributed by atoms with Crippen LogP contribution in [-0.2, 0) is 42.5 Å². The van der Waals surface area contributed by atoms with Crippen LogP contribution in [0.3, 0.4) is 0 Å². The van der Waals surface area contributed by atoms with E-state index < -0.39 is 20.0 Å². The monoisotopic (exact) mass is 847 g/mol. The van der Waals surface area contributed by atoms with Crippen molar-refractivity contribution in [3.63, 3.8) is 0 Å². The molecule has 294 valence electrons. The van der Waals surface area contributed by atoms with Crippen molar-refractivity contribution in [2.75, 3.05) is 10.6 Å². The predicted molar refractivity (Wildman–Crippen MR) is 219 cm³/mol. The van der Waals surface area contributed by atoms with Crippen LogP contribution in [0.5, 0.6) is 23.0 Å². The maximum Gasteiger partial charge on any atom is 0.241 e. The first-order chi connectivity index (χ1) is 27.0. The maximum atomic E-state index is 12.4. The van der Waals surface area contributed by atoms with Crippen molar-refractivity contribution in [1.82, 2.24) is 4.98 Å². The van der Waals surface area contributed by atoms with Gasteiger partial charge in [-0.05, 0) is 102 Å². The highest BCUT2D eigenvalue weighted by Crippen LogP contribution is 2.33. The van der Waals surface area contributed by atoms with E-state index in [-0.39, 0.29) is 51.6 Å². The zero-order chi connectivity index (χ0) is 41.2. The van der Waals surface area contributed by atoms with Crippen LogP contribution in [0.15, 0.2) is 144 Å². The molecule has 1 heterocycles. The summed E-state index contributed by atoms with van der Waals surface area (Å²) in [5.74, 6) is 0.172. The molecule has 6 aromatic rings. The van der Waals surface area contributed by atoms with Gasteiger partial charge in [0.2, 0.25) is 31.9 Å². The smallest absolute Gasteiger partial charge is 0.241 e. The molecule has 17 heteroatoms. The van der Waals surface area contributed by atoms with Gasteiger partial charge in [-0.1, -0.05) is 65.7 Å². The van der Waals surface area contributed by atoms with Crippen LogP contribution in [-0.4, -0.2) is 33.6 Å². The molecule has 0 unspecified atom stereocenters. The van der Waals surface area contributed by atoms with Gasteiger partial charge in [0.05, 0.1) is 12.8 Å². The number of pyridine rings is 1. The third-order valence-corrected chi connectivity index (χ3v) is 10.1. The number of nitrogens with zero attached hydrogens (tertiary/aromatic N) is 1. The summed E-state index contributed by atoms with van der Waals surface area (Å²) in [5.41, 5.74) is 3.19. The normalized spacial score (nSPS) is 11.1. The van der Waals surface area contributed by atoms with Crippen LogP contribution < -0.4 is 30.4 Å². The van der Waals surface area contributed by atoms with Gasteiger partial charge in [0, 0.05) is 33.8 Å². The van der Waals surface area contributed by atoms with E-state index >= 15 is 0 Å². The molecule has 1 aromatic heterocycles. The zero-order valence-electron chi connectivity index (χ0n) is 30.1. The van der Waals surface area contributed by atoms with E-state index in [0.29, 0.717) is 27.2 Å². The number of amides is 2. The van der Waals surface area contributed by atoms with Gasteiger partial charge in [-0.3, -0.25) is 14.6 Å². The number of sulfonamides is 2. The minimum atomic E-state index is -4.10. The Morgan fingerprint density at radius 3 is 1.60 bits per heavy atom. The molecule has 0 spiro atoms. The van der Waals surface area contributed by atoms with Gasteiger partial charge in [0.25, 0.3) is 0 Å². The Morgan fingerprint density at radius 1 is 0.632 bits per heavy atom. The summed E-state index contributed by atoms with van der Waals surface area (Å²) < 4.78 is 59.3. The number of benzene rings is 5. The van der Waals surface area contributed by atoms with Crippen LogP contribution >= 0.6 is 23.2 Å². The Morgan fingerprint density at radius 2 is 1.14 bits per heavy atom. The summed E-state index contributed by atoms with van der Waals surface area (Å²) in [6.45, 7) is 1.92. The minimum Gasteiger partial charge on any atom is -0.456 e. The number of ether oxygens (including phenoxy) is 2. The zero-order valence-corrected chi connectivity index (χ0v) is 33.2. The molecule has 6 rings (SSSR count). The third-order valence-electron chi connectivity index (χ3n) is 7.82. The van der Waals surface area contributed by atoms with Crippen molar-refractivity contribution in [3.05, 3.63) is 160 Å². The number of anilines is 2. The molecular formula is C40H35Cl2N5O8S2. The molecule has 6 N–H and O–H groups in total. The van der Waals surface area contributed by atoms with Crippen LogP contribution in [0, 0.1) is 6.92 Å². The van der Waals surface area contributed by atoms with Crippen molar-refractivity contribution in [2.45, 2.75) is 29.6 Å². The summed E-state index contributed by atoms with van der Waals surface area (Å²) in [6.07, 6.45) is 3.45. The van der Waals surface area contributed by atoms with E-state index in [1.807, 2.05) is 31.2 Å². The van der Waals surface area contributed by atoms with Crippen LogP contribution in [0.4, 0.5) is 11.4 Å². The second-order valence-corrected chi connectivity index (χ2v) is 16.2. The average Bonchev–Trinajstić information content (AvgIpc) is 3.14. The average molecular weight is 849 g/mol. The van der Waals surface area contributed by atoms with Crippen LogP contribution in [0.2, 0.25) is 10.0 Å². The molecule has 0 bridgehead atoms. The predicted octanol–water partition coefficient (Wildman–Crippen LogP) is 7.63. The first-order valence-corrected chi connectivity index (χ1v) is 20.6. The van der Waals surface area contributed by atoms with E-state index in [2.05, 4.69) is 15.6 Å². The molecule has 57 heavy (non-hydrogen) atoms. The molecule has 0 saturated heterocycles. The fourth-order valence-corrected chi connectivity index (χ4v) is 6.90. The second-order valence-electron chi connectivity index (χ2n) is 12.3. The molecule has 0 fully saturated rings. The van der Waals surface area contributed by atoms with Crippen molar-refractivity contribution in [3.8, 4) is 23.0 Å². The highest BCUT2D eigenvalue weighted by Gasteiger charge is 2.20. The van der Waals surface area contributed by atoms with Crippen molar-refractivity contribution in [2.24, 2.45) is 10.3 Å². The van der Waals surface area contributed by atoms with E-state index in [4.69, 9.17) is 43.0 Å². The highest BCUT2D eigenvalue weighted by molar-refractivity contribution is 7.89. The molecule has 0 radical (unpaired) electrons. The number of aryl methyl sites for hydroxylation is 1. The number of nitrogens with one attached hydrogen (secondary N) is 2. The molecule has 0 atom stereocenters. The Bertz CT molecular complexity index is 2630. The van der Waals surface area contributed by atoms with E-state index in [1.165, 1.54) is 36.4 Å². The van der Waals surface area contributed by atoms with Crippen LogP contribution in [0.25, 0.3) is 0 Å². The van der Waals surface area contributed by atoms with E-state index in [9.17, 15) is 26.4 Å². The molecule has 0 aliphatic rings. The largest absolute Gasteiger partial charge is 0.456 e. The summed E-state index contributed by atoms with van der Waals surface area (Å²) >= 11 is 11.8. The molecule has 0 aliphatic heterocycles. The number of carbonyl (C=O) groups excluding carboxylic acids is 2. The lowest BCUT2D eigenvalue weighted by molar-refractivity contribution is -0.116. The summed E-state index contributed by atoms with van der Waals surface area (Å²) in [4.78, 5) is 28.0. The summed E-state index contributed by atoms with van der Waals surface area (Å²) in [6, 6.07) is 32.5. The Labute approximate surface area is 339 Å². The summed E-state index contributed by atoms with van der Waals surface area (Å²) in [5, 5.41) is 16.9. The SMILES string of the molecule is Cc1ccccc1CC(=O)Nc1ccc(Oc2cccc(Cl)c2)c(S(N)(=O)=O)c1.NS(=O)(=O)c1cc(NC(=O)Cc2cccnc2)ccc1Oc1cccc(Cl)c1. The Hall–Kier alpha value is -5.81. The van der Waals surface area contributed by atoms with Gasteiger partial charge in [-0.15, -0.1) is 0 Å². The first kappa shape index (κ1) is 42.3. The number of aromatic nitrogens is 1. The number of carbonyl (C=O) groups is 2. The molecule has 5 aromatic carbocycles. The quantitative estimate of drug-likeness (QED) is 0.0953. The molecule has 2 amide bonds. The van der Waals surface area contributed by atoms with Crippen molar-refractivity contribution >= 4 is 66.4 Å². The topological polar surface area (TPSA) is 210 Å². The second kappa shape index (κ2) is 18.9. The van der Waals surface area contributed by atoms with Gasteiger partial charge in [0.15, 0.2) is 0 Å². The Balaban J connectivity index is 0.000000218. The number of hydrogen-bond donors (Lipinski definition) is 4. The third kappa shape index (κ3) is 12.9. The number of hydrogen-bond acceptors (Lipinski definition) is 9. The van der Waals surface area contributed by atoms with Crippen molar-refractivity contribution in [1.29, 1.82) is 0 Å². The lowest BCUT2D eigenvalue weighted by Gasteiger charge is -2.13. The van der Waals surface area contributed by atoms with E-state index in [0.717, 1.165) is 16.7 Å². The lowest BCUT2D eigenvalue weighted by Crippen LogP contribution is -2.17. The number of nitrogens with two attached hydrogens (primary N) is 2. The maximum absolute atomic E-state index is 12.4. The molecule has 0 saturated carbocycles. The highest BCUT2D eigenvalue weighted by atomic mass is 35.5. The molecular weight excluding hydrogens is 814 g/mol. The number of primary sulfonamides is 2. The molecule has 13 nitrogen and oxygen atoms in total. The summed E-state index contributed by atoms with van der Waals surface area (Å²) in [7, 11) is -8.20. The van der Waals surface area contributed by atoms with Gasteiger partial charge in [-0.25, -0.2) is 27.1 Å². The van der Waals surface area contributed by atoms with Gasteiger partial charge in [-0.2, -0.15) is 0 Å². The first-order valence-electron chi connectivity index (χ1n) is 16.8. The number of rotatable bonds is 12.